The van der Waals surface area contributed by atoms with E-state index in [1.807, 2.05) is 54.6 Å². The van der Waals surface area contributed by atoms with Gasteiger partial charge in [-0.25, -0.2) is 9.97 Å². The standard InChI is InChI=1S/C22H19N3O3/c1-3-6-15-9-10-21(26-2)18(11-15)20-12-16(28-25-20)13-27-22-17-7-4-5-8-19(17)23-14-24-22/h3-5,7-12,14H,1,6,13H2,2H3. The average Bonchev–Trinajstić information content (AvgIpc) is 3.21. The lowest BCUT2D eigenvalue weighted by Crippen LogP contribution is -1.97. The van der Waals surface area contributed by atoms with Gasteiger partial charge in [-0.2, -0.15) is 0 Å². The maximum absolute atomic E-state index is 5.84. The van der Waals surface area contributed by atoms with Gasteiger partial charge in [0.05, 0.1) is 18.0 Å². The van der Waals surface area contributed by atoms with Crippen molar-refractivity contribution < 1.29 is 14.0 Å². The van der Waals surface area contributed by atoms with Crippen molar-refractivity contribution in [2.45, 2.75) is 13.0 Å². The number of allylic oxidation sites excluding steroid dienone is 1. The van der Waals surface area contributed by atoms with Gasteiger partial charge in [0.15, 0.2) is 12.4 Å². The molecule has 6 heteroatoms. The summed E-state index contributed by atoms with van der Waals surface area (Å²) in [5.41, 5.74) is 3.51. The van der Waals surface area contributed by atoms with E-state index in [-0.39, 0.29) is 6.61 Å². The van der Waals surface area contributed by atoms with E-state index in [9.17, 15) is 0 Å². The molecule has 0 bridgehead atoms. The first-order valence-electron chi connectivity index (χ1n) is 8.85. The van der Waals surface area contributed by atoms with E-state index in [1.54, 1.807) is 7.11 Å². The molecule has 0 saturated carbocycles. The van der Waals surface area contributed by atoms with Gasteiger partial charge in [-0.15, -0.1) is 6.58 Å². The quantitative estimate of drug-likeness (QED) is 0.441. The molecular formula is C22H19N3O3. The predicted octanol–water partition coefficient (Wildman–Crippen LogP) is 4.60. The van der Waals surface area contributed by atoms with E-state index in [0.717, 1.165) is 34.2 Å². The van der Waals surface area contributed by atoms with E-state index in [2.05, 4.69) is 21.7 Å². The van der Waals surface area contributed by atoms with Crippen molar-refractivity contribution in [3.63, 3.8) is 0 Å². The molecule has 0 N–H and O–H groups in total. The lowest BCUT2D eigenvalue weighted by atomic mass is 10.0. The van der Waals surface area contributed by atoms with Crippen LogP contribution in [0.3, 0.4) is 0 Å². The van der Waals surface area contributed by atoms with Crippen LogP contribution in [0.15, 0.2) is 72.0 Å². The highest BCUT2D eigenvalue weighted by atomic mass is 16.5. The van der Waals surface area contributed by atoms with Crippen LogP contribution in [0.4, 0.5) is 0 Å². The average molecular weight is 373 g/mol. The second-order valence-electron chi connectivity index (χ2n) is 6.19. The highest BCUT2D eigenvalue weighted by molar-refractivity contribution is 5.82. The third-order valence-corrected chi connectivity index (χ3v) is 4.34. The van der Waals surface area contributed by atoms with E-state index in [4.69, 9.17) is 14.0 Å². The first-order valence-corrected chi connectivity index (χ1v) is 8.85. The SMILES string of the molecule is C=CCc1ccc(OC)c(-c2cc(COc3ncnc4ccccc34)on2)c1. The topological polar surface area (TPSA) is 70.3 Å². The highest BCUT2D eigenvalue weighted by Gasteiger charge is 2.13. The smallest absolute Gasteiger partial charge is 0.224 e. The molecule has 0 radical (unpaired) electrons. The van der Waals surface area contributed by atoms with Crippen LogP contribution in [-0.2, 0) is 13.0 Å². The Kier molecular flexibility index (Phi) is 5.01. The molecule has 0 aliphatic heterocycles. The van der Waals surface area contributed by atoms with Crippen molar-refractivity contribution in [3.05, 3.63) is 78.8 Å². The molecule has 0 saturated heterocycles. The number of rotatable bonds is 7. The lowest BCUT2D eigenvalue weighted by Gasteiger charge is -2.07. The van der Waals surface area contributed by atoms with Crippen LogP contribution < -0.4 is 9.47 Å². The molecule has 4 rings (SSSR count). The van der Waals surface area contributed by atoms with Gasteiger partial charge < -0.3 is 14.0 Å². The third-order valence-electron chi connectivity index (χ3n) is 4.34. The number of ether oxygens (including phenoxy) is 2. The van der Waals surface area contributed by atoms with Crippen molar-refractivity contribution in [3.8, 4) is 22.9 Å². The Morgan fingerprint density at radius 3 is 2.86 bits per heavy atom. The monoisotopic (exact) mass is 373 g/mol. The van der Waals surface area contributed by atoms with Gasteiger partial charge in [-0.3, -0.25) is 0 Å². The number of aromatic nitrogens is 3. The summed E-state index contributed by atoms with van der Waals surface area (Å²) >= 11 is 0. The number of benzene rings is 2. The zero-order valence-corrected chi connectivity index (χ0v) is 15.5. The molecule has 0 atom stereocenters. The zero-order valence-electron chi connectivity index (χ0n) is 15.5. The van der Waals surface area contributed by atoms with Gasteiger partial charge in [-0.1, -0.05) is 29.4 Å². The van der Waals surface area contributed by atoms with E-state index >= 15 is 0 Å². The largest absolute Gasteiger partial charge is 0.496 e. The lowest BCUT2D eigenvalue weighted by molar-refractivity contribution is 0.244. The molecule has 0 aliphatic carbocycles. The number of nitrogens with zero attached hydrogens (tertiary/aromatic N) is 3. The Balaban J connectivity index is 1.56. The first kappa shape index (κ1) is 17.7. The van der Waals surface area contributed by atoms with E-state index in [1.165, 1.54) is 6.33 Å². The summed E-state index contributed by atoms with van der Waals surface area (Å²) in [6.45, 7) is 4.00. The van der Waals surface area contributed by atoms with Crippen LogP contribution in [0.25, 0.3) is 22.2 Å². The fourth-order valence-corrected chi connectivity index (χ4v) is 2.99. The van der Waals surface area contributed by atoms with Gasteiger partial charge in [0.1, 0.15) is 17.8 Å². The van der Waals surface area contributed by atoms with Crippen molar-refractivity contribution in [1.82, 2.24) is 15.1 Å². The summed E-state index contributed by atoms with van der Waals surface area (Å²) in [7, 11) is 1.64. The Morgan fingerprint density at radius 1 is 1.11 bits per heavy atom. The molecule has 4 aromatic rings. The number of para-hydroxylation sites is 1. The van der Waals surface area contributed by atoms with Crippen LogP contribution >= 0.6 is 0 Å². The summed E-state index contributed by atoms with van der Waals surface area (Å²) in [4.78, 5) is 8.46. The summed E-state index contributed by atoms with van der Waals surface area (Å²) in [5.74, 6) is 1.83. The number of hydrogen-bond acceptors (Lipinski definition) is 6. The Labute approximate surface area is 162 Å². The van der Waals surface area contributed by atoms with Crippen LogP contribution in [0.2, 0.25) is 0 Å². The van der Waals surface area contributed by atoms with E-state index < -0.39 is 0 Å². The molecule has 2 aromatic heterocycles. The number of fused-ring (bicyclic) bond motifs is 1. The molecule has 2 aromatic carbocycles. The molecule has 0 unspecified atom stereocenters. The molecule has 0 fully saturated rings. The minimum atomic E-state index is 0.211. The van der Waals surface area contributed by atoms with Gasteiger partial charge in [0.2, 0.25) is 5.88 Å². The fourth-order valence-electron chi connectivity index (χ4n) is 2.99. The van der Waals surface area contributed by atoms with E-state index in [0.29, 0.717) is 17.3 Å². The van der Waals surface area contributed by atoms with Gasteiger partial charge in [0, 0.05) is 11.6 Å². The van der Waals surface area contributed by atoms with Crippen molar-refractivity contribution in [2.75, 3.05) is 7.11 Å². The van der Waals surface area contributed by atoms with Gasteiger partial charge in [-0.05, 0) is 36.2 Å². The Bertz CT molecular complexity index is 1120. The highest BCUT2D eigenvalue weighted by Crippen LogP contribution is 2.31. The van der Waals surface area contributed by atoms with Crippen molar-refractivity contribution in [1.29, 1.82) is 0 Å². The van der Waals surface area contributed by atoms with Crippen LogP contribution in [0.1, 0.15) is 11.3 Å². The number of methoxy groups -OCH3 is 1. The maximum Gasteiger partial charge on any atom is 0.224 e. The summed E-state index contributed by atoms with van der Waals surface area (Å²) in [6.07, 6.45) is 4.12. The molecule has 140 valence electrons. The van der Waals surface area contributed by atoms with Gasteiger partial charge in [0.25, 0.3) is 0 Å². The van der Waals surface area contributed by atoms with Crippen LogP contribution in [-0.4, -0.2) is 22.2 Å². The molecular weight excluding hydrogens is 354 g/mol. The minimum Gasteiger partial charge on any atom is -0.496 e. The second kappa shape index (κ2) is 7.92. The third kappa shape index (κ3) is 3.57. The molecule has 0 aliphatic rings. The molecule has 6 nitrogen and oxygen atoms in total. The van der Waals surface area contributed by atoms with Gasteiger partial charge >= 0.3 is 0 Å². The maximum atomic E-state index is 5.84. The van der Waals surface area contributed by atoms with Crippen LogP contribution in [0.5, 0.6) is 11.6 Å². The molecule has 0 spiro atoms. The fraction of sp³-hybridized carbons (Fsp3) is 0.136. The summed E-state index contributed by atoms with van der Waals surface area (Å²) in [5, 5.41) is 5.03. The second-order valence-corrected chi connectivity index (χ2v) is 6.19. The predicted molar refractivity (Wildman–Crippen MR) is 106 cm³/mol. The molecule has 2 heterocycles. The normalized spacial score (nSPS) is 10.8. The van der Waals surface area contributed by atoms with Crippen molar-refractivity contribution in [2.24, 2.45) is 0 Å². The van der Waals surface area contributed by atoms with Crippen LogP contribution in [0, 0.1) is 0 Å². The molecule has 28 heavy (non-hydrogen) atoms. The minimum absolute atomic E-state index is 0.211. The van der Waals surface area contributed by atoms with Crippen molar-refractivity contribution >= 4 is 10.9 Å². The number of hydrogen-bond donors (Lipinski definition) is 0. The Morgan fingerprint density at radius 2 is 2.00 bits per heavy atom. The summed E-state index contributed by atoms with van der Waals surface area (Å²) < 4.78 is 16.8. The Hall–Kier alpha value is -3.67. The molecule has 0 amide bonds. The first-order chi connectivity index (χ1) is 13.8. The zero-order chi connectivity index (χ0) is 19.3. The summed E-state index contributed by atoms with van der Waals surface area (Å²) in [6, 6.07) is 15.5.